The van der Waals surface area contributed by atoms with E-state index >= 15 is 0 Å². The average molecular weight is 316 g/mol. The number of rotatable bonds is 7. The lowest BCUT2D eigenvalue weighted by Gasteiger charge is -2.23. The Labute approximate surface area is 103 Å². The normalized spacial score (nSPS) is 11.1. The highest BCUT2D eigenvalue weighted by molar-refractivity contribution is 7.75. The molecule has 0 aromatic rings. The summed E-state index contributed by atoms with van der Waals surface area (Å²) in [5.41, 5.74) is 0. The summed E-state index contributed by atoms with van der Waals surface area (Å²) in [6.45, 7) is 9.48. The van der Waals surface area contributed by atoms with Crippen LogP contribution in [-0.4, -0.2) is 24.6 Å². The molecule has 0 aromatic carbocycles. The minimum absolute atomic E-state index is 0. The van der Waals surface area contributed by atoms with E-state index in [1.807, 2.05) is 0 Å². The third-order valence-electron chi connectivity index (χ3n) is 3.25. The van der Waals surface area contributed by atoms with E-state index in [9.17, 15) is 0 Å². The van der Waals surface area contributed by atoms with Gasteiger partial charge in [-0.1, -0.05) is 19.8 Å². The highest BCUT2D eigenvalue weighted by Crippen LogP contribution is 2.58. The molecule has 0 N–H and O–H groups in total. The van der Waals surface area contributed by atoms with Crippen molar-refractivity contribution in [3.63, 3.8) is 0 Å². The standard InChI is InChI=1S/C11H26P.HI/c1-5-9-10-11-12(6-2,7-3)8-4;/h5-11H2,1-4H3;1H/q+1;/p-1. The Bertz CT molecular complexity index is 92.0. The van der Waals surface area contributed by atoms with Crippen molar-refractivity contribution in [1.29, 1.82) is 0 Å². The SMILES string of the molecule is CCCCC[P+](CC)(CC)CC.[I-]. The molecule has 0 amide bonds. The number of hydrogen-bond acceptors (Lipinski definition) is 0. The van der Waals surface area contributed by atoms with E-state index in [-0.39, 0.29) is 24.0 Å². The molecule has 0 saturated carbocycles. The van der Waals surface area contributed by atoms with Gasteiger partial charge in [0.1, 0.15) is 0 Å². The van der Waals surface area contributed by atoms with E-state index in [1.165, 1.54) is 37.7 Å². The van der Waals surface area contributed by atoms with Crippen molar-refractivity contribution in [2.24, 2.45) is 0 Å². The van der Waals surface area contributed by atoms with Crippen LogP contribution in [0.1, 0.15) is 47.0 Å². The molecule has 0 aliphatic rings. The van der Waals surface area contributed by atoms with Crippen LogP contribution in [0.5, 0.6) is 0 Å². The quantitative estimate of drug-likeness (QED) is 0.377. The van der Waals surface area contributed by atoms with Gasteiger partial charge < -0.3 is 24.0 Å². The second kappa shape index (κ2) is 9.71. The fourth-order valence-corrected chi connectivity index (χ4v) is 5.03. The summed E-state index contributed by atoms with van der Waals surface area (Å²) in [5.74, 6) is 0. The molecule has 0 aliphatic heterocycles. The van der Waals surface area contributed by atoms with Crippen LogP contribution in [0.25, 0.3) is 0 Å². The fourth-order valence-electron chi connectivity index (χ4n) is 1.84. The van der Waals surface area contributed by atoms with Gasteiger partial charge in [0, 0.05) is 7.26 Å². The van der Waals surface area contributed by atoms with E-state index in [4.69, 9.17) is 0 Å². The maximum atomic E-state index is 2.40. The Balaban J connectivity index is 0. The first-order valence-electron chi connectivity index (χ1n) is 5.59. The summed E-state index contributed by atoms with van der Waals surface area (Å²) < 4.78 is 0. The predicted molar refractivity (Wildman–Crippen MR) is 62.9 cm³/mol. The number of halogens is 1. The Morgan fingerprint density at radius 3 is 1.54 bits per heavy atom. The zero-order valence-electron chi connectivity index (χ0n) is 9.77. The zero-order valence-corrected chi connectivity index (χ0v) is 12.8. The van der Waals surface area contributed by atoms with E-state index in [2.05, 4.69) is 27.7 Å². The van der Waals surface area contributed by atoms with Gasteiger partial charge in [0.2, 0.25) is 0 Å². The van der Waals surface area contributed by atoms with Crippen molar-refractivity contribution in [2.75, 3.05) is 24.6 Å². The molecular weight excluding hydrogens is 290 g/mol. The average Bonchev–Trinajstić information content (AvgIpc) is 2.14. The molecule has 82 valence electrons. The molecule has 0 fully saturated rings. The zero-order chi connectivity index (χ0) is 9.45. The minimum atomic E-state index is -0.469. The van der Waals surface area contributed by atoms with Crippen LogP contribution >= 0.6 is 7.26 Å². The third-order valence-corrected chi connectivity index (χ3v) is 8.54. The van der Waals surface area contributed by atoms with Gasteiger partial charge in [-0.15, -0.1) is 0 Å². The monoisotopic (exact) mass is 316 g/mol. The van der Waals surface area contributed by atoms with Gasteiger partial charge in [-0.2, -0.15) is 0 Å². The smallest absolute Gasteiger partial charge is 0.0594 e. The molecule has 0 nitrogen and oxygen atoms in total. The first-order valence-corrected chi connectivity index (χ1v) is 8.12. The predicted octanol–water partition coefficient (Wildman–Crippen LogP) is 1.26. The molecule has 0 saturated heterocycles. The van der Waals surface area contributed by atoms with E-state index in [1.54, 1.807) is 6.16 Å². The van der Waals surface area contributed by atoms with Gasteiger partial charge in [0.25, 0.3) is 0 Å². The van der Waals surface area contributed by atoms with Crippen LogP contribution in [0.15, 0.2) is 0 Å². The molecule has 0 atom stereocenters. The van der Waals surface area contributed by atoms with Crippen LogP contribution < -0.4 is 24.0 Å². The second-order valence-electron chi connectivity index (χ2n) is 3.72. The van der Waals surface area contributed by atoms with E-state index in [0.717, 1.165) is 0 Å². The van der Waals surface area contributed by atoms with Gasteiger partial charge in [-0.3, -0.25) is 0 Å². The van der Waals surface area contributed by atoms with E-state index < -0.39 is 7.26 Å². The van der Waals surface area contributed by atoms with Crippen LogP contribution in [0, 0.1) is 0 Å². The van der Waals surface area contributed by atoms with Gasteiger partial charge >= 0.3 is 0 Å². The van der Waals surface area contributed by atoms with Crippen molar-refractivity contribution in [3.05, 3.63) is 0 Å². The van der Waals surface area contributed by atoms with Crippen molar-refractivity contribution >= 4 is 7.26 Å². The molecule has 0 bridgehead atoms. The topological polar surface area (TPSA) is 0 Å². The molecule has 0 radical (unpaired) electrons. The van der Waals surface area contributed by atoms with Crippen LogP contribution in [0.4, 0.5) is 0 Å². The molecule has 0 aromatic heterocycles. The number of hydrogen-bond donors (Lipinski definition) is 0. The number of unbranched alkanes of at least 4 members (excludes halogenated alkanes) is 2. The Morgan fingerprint density at radius 1 is 0.769 bits per heavy atom. The maximum absolute atomic E-state index is 2.40. The highest BCUT2D eigenvalue weighted by atomic mass is 127. The summed E-state index contributed by atoms with van der Waals surface area (Å²) in [4.78, 5) is 0. The van der Waals surface area contributed by atoms with Gasteiger partial charge in [-0.25, -0.2) is 0 Å². The van der Waals surface area contributed by atoms with Crippen molar-refractivity contribution in [1.82, 2.24) is 0 Å². The minimum Gasteiger partial charge on any atom is -1.00 e. The summed E-state index contributed by atoms with van der Waals surface area (Å²) in [7, 11) is -0.469. The first kappa shape index (κ1) is 16.6. The lowest BCUT2D eigenvalue weighted by molar-refractivity contribution is -0.00000289. The summed E-state index contributed by atoms with van der Waals surface area (Å²) in [5, 5.41) is 0. The lowest BCUT2D eigenvalue weighted by Crippen LogP contribution is -3.00. The Hall–Kier alpha value is 1.16. The van der Waals surface area contributed by atoms with Crippen LogP contribution in [-0.2, 0) is 0 Å². The lowest BCUT2D eigenvalue weighted by atomic mass is 10.3. The molecule has 0 rings (SSSR count). The van der Waals surface area contributed by atoms with Gasteiger partial charge in [0.05, 0.1) is 24.6 Å². The summed E-state index contributed by atoms with van der Waals surface area (Å²) in [6, 6.07) is 0. The summed E-state index contributed by atoms with van der Waals surface area (Å²) in [6.07, 6.45) is 10.3. The molecule has 0 heterocycles. The highest BCUT2D eigenvalue weighted by Gasteiger charge is 2.29. The molecular formula is C11H26IP. The largest absolute Gasteiger partial charge is 1.00 e. The molecule has 13 heavy (non-hydrogen) atoms. The molecule has 2 heteroatoms. The molecule has 0 unspecified atom stereocenters. The molecule has 0 spiro atoms. The first-order chi connectivity index (χ1) is 5.74. The van der Waals surface area contributed by atoms with Gasteiger partial charge in [-0.05, 0) is 27.2 Å². The summed E-state index contributed by atoms with van der Waals surface area (Å²) >= 11 is 0. The van der Waals surface area contributed by atoms with Crippen molar-refractivity contribution in [3.8, 4) is 0 Å². The van der Waals surface area contributed by atoms with Gasteiger partial charge in [0.15, 0.2) is 0 Å². The molecule has 0 aliphatic carbocycles. The van der Waals surface area contributed by atoms with E-state index in [0.29, 0.717) is 0 Å². The van der Waals surface area contributed by atoms with Crippen molar-refractivity contribution < 1.29 is 24.0 Å². The van der Waals surface area contributed by atoms with Crippen LogP contribution in [0.3, 0.4) is 0 Å². The van der Waals surface area contributed by atoms with Crippen LogP contribution in [0.2, 0.25) is 0 Å². The van der Waals surface area contributed by atoms with Crippen molar-refractivity contribution in [2.45, 2.75) is 47.0 Å². The second-order valence-corrected chi connectivity index (χ2v) is 8.75. The fraction of sp³-hybridized carbons (Fsp3) is 1.00. The third kappa shape index (κ3) is 6.28. The Kier molecular flexibility index (Phi) is 12.4. The maximum Gasteiger partial charge on any atom is 0.0594 e. The Morgan fingerprint density at radius 2 is 1.23 bits per heavy atom.